The molecule has 0 aromatic heterocycles. The van der Waals surface area contributed by atoms with Crippen LogP contribution in [-0.4, -0.2) is 17.8 Å². The van der Waals surface area contributed by atoms with Crippen molar-refractivity contribution in [1.82, 2.24) is 0 Å². The molecule has 0 aliphatic heterocycles. The van der Waals surface area contributed by atoms with E-state index in [-0.39, 0.29) is 17.4 Å². The van der Waals surface area contributed by atoms with Crippen LogP contribution >= 0.6 is 0 Å². The fourth-order valence-corrected chi connectivity index (χ4v) is 2.75. The zero-order valence-corrected chi connectivity index (χ0v) is 11.0. The molecule has 102 valence electrons. The van der Waals surface area contributed by atoms with Gasteiger partial charge < -0.3 is 9.84 Å². The molecule has 19 heavy (non-hydrogen) atoms. The van der Waals surface area contributed by atoms with E-state index in [0.29, 0.717) is 6.10 Å². The van der Waals surface area contributed by atoms with Crippen molar-refractivity contribution in [3.63, 3.8) is 0 Å². The van der Waals surface area contributed by atoms with Crippen molar-refractivity contribution in [2.24, 2.45) is 0 Å². The average Bonchev–Trinajstić information content (AvgIpc) is 2.39. The molecular formula is C15H18FNO2. The standard InChI is InChI=1S/C15H18FNO2/c1-3-19-12-6-4-10(5-7-12)11-8-13(16)15(17-2)14(18)9-11/h8-10,12,18H,3-7H2,1H3. The molecule has 0 bridgehead atoms. The van der Waals surface area contributed by atoms with Crippen LogP contribution in [0.4, 0.5) is 10.1 Å². The summed E-state index contributed by atoms with van der Waals surface area (Å²) in [6.07, 6.45) is 4.10. The first-order valence-electron chi connectivity index (χ1n) is 6.67. The first kappa shape index (κ1) is 13.8. The van der Waals surface area contributed by atoms with E-state index in [4.69, 9.17) is 11.3 Å². The smallest absolute Gasteiger partial charge is 0.262 e. The van der Waals surface area contributed by atoms with E-state index in [1.807, 2.05) is 6.92 Å². The van der Waals surface area contributed by atoms with E-state index < -0.39 is 5.82 Å². The average molecular weight is 263 g/mol. The van der Waals surface area contributed by atoms with Crippen LogP contribution in [0.2, 0.25) is 0 Å². The fraction of sp³-hybridized carbons (Fsp3) is 0.533. The molecule has 0 amide bonds. The molecule has 0 heterocycles. The number of rotatable bonds is 3. The van der Waals surface area contributed by atoms with Gasteiger partial charge in [0.1, 0.15) is 11.6 Å². The predicted molar refractivity (Wildman–Crippen MR) is 70.9 cm³/mol. The first-order valence-corrected chi connectivity index (χ1v) is 6.67. The second-order valence-electron chi connectivity index (χ2n) is 4.91. The number of aromatic hydroxyl groups is 1. The number of phenols is 1. The lowest BCUT2D eigenvalue weighted by molar-refractivity contribution is 0.0328. The van der Waals surface area contributed by atoms with Crippen LogP contribution in [0.25, 0.3) is 4.85 Å². The Kier molecular flexibility index (Phi) is 4.39. The molecule has 2 rings (SSSR count). The number of phenolic OH excluding ortho intramolecular Hbond substituents is 1. The van der Waals surface area contributed by atoms with Gasteiger partial charge in [0.15, 0.2) is 0 Å². The Labute approximate surface area is 112 Å². The molecule has 1 fully saturated rings. The van der Waals surface area contributed by atoms with Crippen LogP contribution in [0.1, 0.15) is 44.1 Å². The minimum absolute atomic E-state index is 0.247. The number of hydrogen-bond donors (Lipinski definition) is 1. The number of nitrogens with zero attached hydrogens (tertiary/aromatic N) is 1. The maximum Gasteiger partial charge on any atom is 0.262 e. The Morgan fingerprint density at radius 1 is 1.37 bits per heavy atom. The predicted octanol–water partition coefficient (Wildman–Crippen LogP) is 4.14. The fourth-order valence-electron chi connectivity index (χ4n) is 2.75. The summed E-state index contributed by atoms with van der Waals surface area (Å²) in [6.45, 7) is 9.54. The molecule has 1 saturated carbocycles. The molecule has 0 spiro atoms. The molecule has 1 N–H and O–H groups in total. The zero-order chi connectivity index (χ0) is 13.8. The van der Waals surface area contributed by atoms with Gasteiger partial charge in [-0.15, -0.1) is 0 Å². The van der Waals surface area contributed by atoms with Crippen molar-refractivity contribution in [2.45, 2.75) is 44.6 Å². The molecule has 1 aliphatic carbocycles. The highest BCUT2D eigenvalue weighted by atomic mass is 19.1. The minimum Gasteiger partial charge on any atom is -0.519 e. The Balaban J connectivity index is 2.10. The highest BCUT2D eigenvalue weighted by molar-refractivity contribution is 5.59. The van der Waals surface area contributed by atoms with Crippen molar-refractivity contribution < 1.29 is 14.2 Å². The van der Waals surface area contributed by atoms with Crippen LogP contribution < -0.4 is 0 Å². The van der Waals surface area contributed by atoms with E-state index in [2.05, 4.69) is 4.85 Å². The van der Waals surface area contributed by atoms with Gasteiger partial charge in [-0.25, -0.2) is 9.24 Å². The van der Waals surface area contributed by atoms with Gasteiger partial charge in [-0.3, -0.25) is 0 Å². The highest BCUT2D eigenvalue weighted by Gasteiger charge is 2.24. The molecule has 4 heteroatoms. The topological polar surface area (TPSA) is 33.8 Å². The minimum atomic E-state index is -0.628. The van der Waals surface area contributed by atoms with Crippen molar-refractivity contribution in [2.75, 3.05) is 6.61 Å². The lowest BCUT2D eigenvalue weighted by atomic mass is 9.82. The van der Waals surface area contributed by atoms with Crippen molar-refractivity contribution in [1.29, 1.82) is 0 Å². The quantitative estimate of drug-likeness (QED) is 0.831. The van der Waals surface area contributed by atoms with Crippen molar-refractivity contribution in [3.05, 3.63) is 34.9 Å². The number of halogens is 1. The Hall–Kier alpha value is -1.60. The Morgan fingerprint density at radius 2 is 2.05 bits per heavy atom. The molecule has 1 aromatic carbocycles. The van der Waals surface area contributed by atoms with E-state index >= 15 is 0 Å². The monoisotopic (exact) mass is 263 g/mol. The zero-order valence-electron chi connectivity index (χ0n) is 11.0. The van der Waals surface area contributed by atoms with Crippen LogP contribution in [0.3, 0.4) is 0 Å². The Morgan fingerprint density at radius 3 is 2.58 bits per heavy atom. The summed E-state index contributed by atoms with van der Waals surface area (Å²) in [5.41, 5.74) is 0.504. The van der Waals surface area contributed by atoms with Crippen LogP contribution in [0.5, 0.6) is 5.75 Å². The molecular weight excluding hydrogens is 245 g/mol. The van der Waals surface area contributed by atoms with Gasteiger partial charge >= 0.3 is 0 Å². The summed E-state index contributed by atoms with van der Waals surface area (Å²) < 4.78 is 19.3. The molecule has 1 aliphatic rings. The summed E-state index contributed by atoms with van der Waals surface area (Å²) >= 11 is 0. The second kappa shape index (κ2) is 6.03. The van der Waals surface area contributed by atoms with Gasteiger partial charge in [0, 0.05) is 6.61 Å². The van der Waals surface area contributed by atoms with Crippen molar-refractivity contribution >= 4 is 5.69 Å². The van der Waals surface area contributed by atoms with Gasteiger partial charge in [-0.1, -0.05) is 0 Å². The summed E-state index contributed by atoms with van der Waals surface area (Å²) in [7, 11) is 0. The van der Waals surface area contributed by atoms with Crippen LogP contribution in [0, 0.1) is 12.4 Å². The largest absolute Gasteiger partial charge is 0.519 e. The SMILES string of the molecule is [C-]#[N+]c1c(O)cc(C2CCC(OCC)CC2)cc1F. The Bertz CT molecular complexity index is 464. The third-order valence-corrected chi connectivity index (χ3v) is 3.73. The number of ether oxygens (including phenoxy) is 1. The number of benzene rings is 1. The molecule has 0 saturated heterocycles. The van der Waals surface area contributed by atoms with Gasteiger partial charge in [0.25, 0.3) is 5.69 Å². The number of hydrogen-bond acceptors (Lipinski definition) is 2. The molecule has 0 unspecified atom stereocenters. The van der Waals surface area contributed by atoms with Gasteiger partial charge in [-0.2, -0.15) is 0 Å². The van der Waals surface area contributed by atoms with E-state index in [1.54, 1.807) is 0 Å². The molecule has 0 atom stereocenters. The molecule has 1 aromatic rings. The van der Waals surface area contributed by atoms with Gasteiger partial charge in [0.2, 0.25) is 0 Å². The van der Waals surface area contributed by atoms with Gasteiger partial charge in [0.05, 0.1) is 12.7 Å². The van der Waals surface area contributed by atoms with E-state index in [0.717, 1.165) is 37.9 Å². The summed E-state index contributed by atoms with van der Waals surface area (Å²) in [4.78, 5) is 3.00. The van der Waals surface area contributed by atoms with E-state index in [9.17, 15) is 9.50 Å². The highest BCUT2D eigenvalue weighted by Crippen LogP contribution is 2.39. The van der Waals surface area contributed by atoms with Crippen molar-refractivity contribution in [3.8, 4) is 5.75 Å². The van der Waals surface area contributed by atoms with E-state index in [1.165, 1.54) is 12.1 Å². The lowest BCUT2D eigenvalue weighted by Gasteiger charge is -2.28. The first-order chi connectivity index (χ1) is 9.15. The third-order valence-electron chi connectivity index (χ3n) is 3.73. The third kappa shape index (κ3) is 3.05. The second-order valence-corrected chi connectivity index (χ2v) is 4.91. The van der Waals surface area contributed by atoms with Crippen LogP contribution in [0.15, 0.2) is 12.1 Å². The normalized spacial score (nSPS) is 23.0. The molecule has 3 nitrogen and oxygen atoms in total. The lowest BCUT2D eigenvalue weighted by Crippen LogP contribution is -2.20. The summed E-state index contributed by atoms with van der Waals surface area (Å²) in [5.74, 6) is -0.634. The summed E-state index contributed by atoms with van der Waals surface area (Å²) in [5, 5.41) is 9.66. The maximum atomic E-state index is 13.7. The molecule has 0 radical (unpaired) electrons. The maximum absolute atomic E-state index is 13.7. The van der Waals surface area contributed by atoms with Gasteiger partial charge in [-0.05, 0) is 56.2 Å². The van der Waals surface area contributed by atoms with Crippen LogP contribution in [-0.2, 0) is 4.74 Å². The summed E-state index contributed by atoms with van der Waals surface area (Å²) in [6, 6.07) is 2.92.